The van der Waals surface area contributed by atoms with E-state index < -0.39 is 16.0 Å². The number of nitrogens with one attached hydrogen (secondary N) is 1. The second-order valence-corrected chi connectivity index (χ2v) is 6.12. The largest absolute Gasteiger partial charge is 0.481 e. The van der Waals surface area contributed by atoms with Gasteiger partial charge in [-0.3, -0.25) is 4.79 Å². The van der Waals surface area contributed by atoms with Gasteiger partial charge in [0.1, 0.15) is 6.26 Å². The molecule has 21 heavy (non-hydrogen) atoms. The molecule has 1 heterocycles. The number of carboxylic acids is 1. The first-order valence-electron chi connectivity index (χ1n) is 6.12. The molecule has 2 aromatic rings. The van der Waals surface area contributed by atoms with Gasteiger partial charge in [0.05, 0.1) is 10.6 Å². The van der Waals surface area contributed by atoms with Crippen LogP contribution in [0.25, 0.3) is 0 Å². The van der Waals surface area contributed by atoms with E-state index in [1.165, 1.54) is 18.4 Å². The van der Waals surface area contributed by atoms with Gasteiger partial charge in [-0.2, -0.15) is 4.98 Å². The Kier molecular flexibility index (Phi) is 4.27. The molecule has 8 heteroatoms. The third kappa shape index (κ3) is 4.06. The predicted octanol–water partition coefficient (Wildman–Crippen LogP) is 1.80. The summed E-state index contributed by atoms with van der Waals surface area (Å²) in [4.78, 5) is 14.4. The van der Waals surface area contributed by atoms with Crippen molar-refractivity contribution in [2.45, 2.75) is 24.7 Å². The number of carbonyl (C=O) groups is 1. The summed E-state index contributed by atoms with van der Waals surface area (Å²) in [6, 6.07) is 5.89. The number of hydrogen-bond acceptors (Lipinski definition) is 5. The van der Waals surface area contributed by atoms with Crippen molar-refractivity contribution in [3.63, 3.8) is 0 Å². The summed E-state index contributed by atoms with van der Waals surface area (Å²) in [5, 5.41) is 8.60. The minimum atomic E-state index is -3.77. The average molecular weight is 310 g/mol. The number of nitrogens with zero attached hydrogens (tertiary/aromatic N) is 1. The van der Waals surface area contributed by atoms with E-state index >= 15 is 0 Å². The van der Waals surface area contributed by atoms with Gasteiger partial charge in [0.15, 0.2) is 0 Å². The van der Waals surface area contributed by atoms with Crippen LogP contribution in [0.1, 0.15) is 17.7 Å². The van der Waals surface area contributed by atoms with Gasteiger partial charge in [0.25, 0.3) is 10.0 Å². The Morgan fingerprint density at radius 2 is 2.00 bits per heavy atom. The molecular weight excluding hydrogens is 296 g/mol. The molecular formula is C13H14N2O5S. The standard InChI is InChI=1S/C13H14N2O5S/c1-9-8-20-13(14-9)15-21(18,19)11-5-2-10(3-6-11)4-7-12(16)17/h2-3,5-6,8H,4,7H2,1H3,(H,14,15)(H,16,17). The number of aliphatic carboxylic acids is 1. The monoisotopic (exact) mass is 310 g/mol. The molecule has 0 aliphatic carbocycles. The maximum absolute atomic E-state index is 12.1. The van der Waals surface area contributed by atoms with Crippen LogP contribution in [0, 0.1) is 6.92 Å². The van der Waals surface area contributed by atoms with Crippen LogP contribution in [-0.2, 0) is 21.2 Å². The quantitative estimate of drug-likeness (QED) is 0.842. The number of sulfonamides is 1. The number of benzene rings is 1. The average Bonchev–Trinajstić information content (AvgIpc) is 2.81. The van der Waals surface area contributed by atoms with Crippen molar-refractivity contribution in [2.75, 3.05) is 4.72 Å². The molecule has 0 unspecified atom stereocenters. The fraction of sp³-hybridized carbons (Fsp3) is 0.231. The summed E-state index contributed by atoms with van der Waals surface area (Å²) in [5.74, 6) is -0.896. The van der Waals surface area contributed by atoms with Crippen LogP contribution < -0.4 is 4.72 Å². The summed E-state index contributed by atoms with van der Waals surface area (Å²) in [5.41, 5.74) is 1.32. The van der Waals surface area contributed by atoms with Gasteiger partial charge in [0.2, 0.25) is 0 Å². The van der Waals surface area contributed by atoms with Crippen LogP contribution in [0.4, 0.5) is 6.01 Å². The third-order valence-electron chi connectivity index (χ3n) is 2.70. The first kappa shape index (κ1) is 15.0. The van der Waals surface area contributed by atoms with Crippen LogP contribution in [-0.4, -0.2) is 24.5 Å². The molecule has 1 aromatic carbocycles. The van der Waals surface area contributed by atoms with E-state index in [0.717, 1.165) is 5.56 Å². The van der Waals surface area contributed by atoms with Crippen molar-refractivity contribution in [2.24, 2.45) is 0 Å². The van der Waals surface area contributed by atoms with Crippen molar-refractivity contribution in [3.05, 3.63) is 41.8 Å². The molecule has 0 amide bonds. The minimum absolute atomic E-state index is 0.0000606. The fourth-order valence-corrected chi connectivity index (χ4v) is 2.60. The highest BCUT2D eigenvalue weighted by atomic mass is 32.2. The highest BCUT2D eigenvalue weighted by molar-refractivity contribution is 7.92. The molecule has 0 saturated carbocycles. The summed E-state index contributed by atoms with van der Waals surface area (Å²) in [6.07, 6.45) is 1.69. The first-order valence-corrected chi connectivity index (χ1v) is 7.61. The Morgan fingerprint density at radius 1 is 1.33 bits per heavy atom. The van der Waals surface area contributed by atoms with E-state index in [-0.39, 0.29) is 17.3 Å². The lowest BCUT2D eigenvalue weighted by Gasteiger charge is -2.05. The maximum Gasteiger partial charge on any atom is 0.309 e. The van der Waals surface area contributed by atoms with Crippen molar-refractivity contribution in [1.82, 2.24) is 4.98 Å². The summed E-state index contributed by atoms with van der Waals surface area (Å²) in [6.45, 7) is 1.68. The molecule has 7 nitrogen and oxygen atoms in total. The van der Waals surface area contributed by atoms with E-state index in [4.69, 9.17) is 9.52 Å². The number of aromatic nitrogens is 1. The van der Waals surface area contributed by atoms with Gasteiger partial charge in [-0.05, 0) is 31.0 Å². The molecule has 0 bridgehead atoms. The summed E-state index contributed by atoms with van der Waals surface area (Å²) < 4.78 is 31.3. The predicted molar refractivity (Wildman–Crippen MR) is 74.4 cm³/mol. The third-order valence-corrected chi connectivity index (χ3v) is 4.04. The van der Waals surface area contributed by atoms with Gasteiger partial charge < -0.3 is 9.52 Å². The van der Waals surface area contributed by atoms with Crippen LogP contribution in [0.3, 0.4) is 0 Å². The van der Waals surface area contributed by atoms with Crippen molar-refractivity contribution >= 4 is 22.0 Å². The first-order chi connectivity index (χ1) is 9.87. The summed E-state index contributed by atoms with van der Waals surface area (Å²) in [7, 11) is -3.77. The van der Waals surface area contributed by atoms with Crippen molar-refractivity contribution < 1.29 is 22.7 Å². The molecule has 112 valence electrons. The molecule has 0 radical (unpaired) electrons. The zero-order chi connectivity index (χ0) is 15.5. The van der Waals surface area contributed by atoms with Gasteiger partial charge in [0, 0.05) is 6.42 Å². The van der Waals surface area contributed by atoms with Crippen molar-refractivity contribution in [3.8, 4) is 0 Å². The lowest BCUT2D eigenvalue weighted by molar-refractivity contribution is -0.136. The van der Waals surface area contributed by atoms with E-state index in [2.05, 4.69) is 9.71 Å². The second kappa shape index (κ2) is 5.96. The highest BCUT2D eigenvalue weighted by Crippen LogP contribution is 2.16. The second-order valence-electron chi connectivity index (χ2n) is 4.44. The van der Waals surface area contributed by atoms with Crippen LogP contribution in [0.5, 0.6) is 0 Å². The van der Waals surface area contributed by atoms with Gasteiger partial charge in [-0.1, -0.05) is 12.1 Å². The number of hydrogen-bond donors (Lipinski definition) is 2. The molecule has 0 aliphatic rings. The van der Waals surface area contributed by atoms with Crippen molar-refractivity contribution in [1.29, 1.82) is 0 Å². The smallest absolute Gasteiger partial charge is 0.309 e. The van der Waals surface area contributed by atoms with Gasteiger partial charge in [-0.15, -0.1) is 0 Å². The van der Waals surface area contributed by atoms with E-state index in [0.29, 0.717) is 12.1 Å². The molecule has 0 fully saturated rings. The molecule has 2 N–H and O–H groups in total. The number of carboxylic acid groups (broad SMARTS) is 1. The Labute approximate surface area is 121 Å². The number of rotatable bonds is 6. The zero-order valence-electron chi connectivity index (χ0n) is 11.2. The zero-order valence-corrected chi connectivity index (χ0v) is 12.1. The minimum Gasteiger partial charge on any atom is -0.481 e. The molecule has 0 saturated heterocycles. The van der Waals surface area contributed by atoms with E-state index in [9.17, 15) is 13.2 Å². The lowest BCUT2D eigenvalue weighted by atomic mass is 10.1. The normalized spacial score (nSPS) is 11.3. The lowest BCUT2D eigenvalue weighted by Crippen LogP contribution is -2.13. The molecule has 0 atom stereocenters. The van der Waals surface area contributed by atoms with Gasteiger partial charge >= 0.3 is 12.0 Å². The van der Waals surface area contributed by atoms with E-state index in [1.54, 1.807) is 19.1 Å². The van der Waals surface area contributed by atoms with Crippen LogP contribution in [0.15, 0.2) is 39.8 Å². The maximum atomic E-state index is 12.1. The highest BCUT2D eigenvalue weighted by Gasteiger charge is 2.16. The Bertz CT molecular complexity index is 734. The molecule has 1 aromatic heterocycles. The Hall–Kier alpha value is -2.35. The Balaban J connectivity index is 2.11. The van der Waals surface area contributed by atoms with Crippen LogP contribution in [0.2, 0.25) is 0 Å². The topological polar surface area (TPSA) is 110 Å². The number of anilines is 1. The number of aryl methyl sites for hydroxylation is 2. The Morgan fingerprint density at radius 3 is 2.52 bits per heavy atom. The summed E-state index contributed by atoms with van der Waals surface area (Å²) >= 11 is 0. The fourth-order valence-electron chi connectivity index (χ4n) is 1.66. The van der Waals surface area contributed by atoms with Crippen LogP contribution >= 0.6 is 0 Å². The molecule has 2 rings (SSSR count). The molecule has 0 aliphatic heterocycles. The number of oxazole rings is 1. The SMILES string of the molecule is Cc1coc(NS(=O)(=O)c2ccc(CCC(=O)O)cc2)n1. The van der Waals surface area contributed by atoms with Gasteiger partial charge in [-0.25, -0.2) is 13.1 Å². The molecule has 0 spiro atoms. The van der Waals surface area contributed by atoms with E-state index in [1.807, 2.05) is 0 Å².